The second-order valence-electron chi connectivity index (χ2n) is 15.9. The first-order valence-corrected chi connectivity index (χ1v) is 26.7. The maximum absolute atomic E-state index is 13.6. The molecule has 16 atom stereocenters. The Hall–Kier alpha value is -4.62. The first kappa shape index (κ1) is 54.6. The minimum Gasteiger partial charge on any atom is -0.387 e. The smallest absolute Gasteiger partial charge is 0.387 e. The lowest BCUT2D eigenvalue weighted by Crippen LogP contribution is -2.46. The zero-order valence-corrected chi connectivity index (χ0v) is 41.0. The van der Waals surface area contributed by atoms with E-state index in [1.807, 2.05) is 4.98 Å². The van der Waals surface area contributed by atoms with Gasteiger partial charge in [0.05, 0.1) is 33.2 Å². The second kappa shape index (κ2) is 20.8. The van der Waals surface area contributed by atoms with Crippen LogP contribution in [-0.4, -0.2) is 173 Å². The number of rotatable bonds is 20. The Morgan fingerprint density at radius 3 is 2.04 bits per heavy atom. The van der Waals surface area contributed by atoms with Crippen molar-refractivity contribution in [3.63, 3.8) is 0 Å². The maximum atomic E-state index is 13.6. The highest BCUT2D eigenvalue weighted by Crippen LogP contribution is 2.68. The van der Waals surface area contributed by atoms with Crippen molar-refractivity contribution in [2.45, 2.75) is 73.6 Å². The van der Waals surface area contributed by atoms with Gasteiger partial charge in [0.1, 0.15) is 66.8 Å². The lowest BCUT2D eigenvalue weighted by atomic mass is 10.1. The minimum absolute atomic E-state index is 0.0234. The normalized spacial score (nSPS) is 30.8. The van der Waals surface area contributed by atoms with E-state index in [0.29, 0.717) is 0 Å². The van der Waals surface area contributed by atoms with E-state index >= 15 is 0 Å². The molecule has 3 saturated heterocycles. The molecule has 3 fully saturated rings. The van der Waals surface area contributed by atoms with Crippen molar-refractivity contribution in [2.75, 3.05) is 45.0 Å². The maximum Gasteiger partial charge on any atom is 0.490 e. The minimum atomic E-state index is -6.20. The van der Waals surface area contributed by atoms with Crippen LogP contribution in [0.5, 0.6) is 0 Å². The van der Waals surface area contributed by atoms with Gasteiger partial charge in [0, 0.05) is 26.4 Å². The molecule has 0 amide bonds. The van der Waals surface area contributed by atoms with E-state index in [0.717, 1.165) is 34.8 Å². The highest BCUT2D eigenvalue weighted by molar-refractivity contribution is 7.66. The number of aliphatic hydroxyl groups is 4. The van der Waals surface area contributed by atoms with E-state index in [2.05, 4.69) is 43.4 Å². The fourth-order valence-corrected chi connectivity index (χ4v) is 12.4. The van der Waals surface area contributed by atoms with Crippen LogP contribution in [0, 0.1) is 0 Å². The van der Waals surface area contributed by atoms with Gasteiger partial charge in [-0.3, -0.25) is 51.4 Å². The molecule has 13 N–H and O–H groups in total. The zero-order valence-electron chi connectivity index (χ0n) is 37.4. The van der Waals surface area contributed by atoms with Crippen LogP contribution in [-0.2, 0) is 71.0 Å². The number of hydrogen-bond acceptors (Lipinski definition) is 27. The molecule has 5 aromatic heterocycles. The van der Waals surface area contributed by atoms with Gasteiger partial charge in [0.15, 0.2) is 30.2 Å². The summed E-state index contributed by atoms with van der Waals surface area (Å²) >= 11 is 0. The summed E-state index contributed by atoms with van der Waals surface area (Å²) < 4.78 is 108. The fourth-order valence-electron chi connectivity index (χ4n) is 7.95. The molecular formula is C32H45N12O25P4+. The molecule has 37 nitrogen and oxygen atoms in total. The van der Waals surface area contributed by atoms with Gasteiger partial charge in [-0.15, -0.1) is 0 Å². The van der Waals surface area contributed by atoms with Crippen LogP contribution in [0.25, 0.3) is 22.3 Å². The Balaban J connectivity index is 0.937. The Labute approximate surface area is 405 Å². The third-order valence-electron chi connectivity index (χ3n) is 11.2. The van der Waals surface area contributed by atoms with Crippen LogP contribution in [0.2, 0.25) is 0 Å². The van der Waals surface area contributed by atoms with E-state index in [1.54, 1.807) is 0 Å². The van der Waals surface area contributed by atoms with Crippen molar-refractivity contribution in [3.8, 4) is 0 Å². The van der Waals surface area contributed by atoms with E-state index in [1.165, 1.54) is 35.9 Å². The predicted octanol–water partition coefficient (Wildman–Crippen LogP) is -4.42. The van der Waals surface area contributed by atoms with Crippen LogP contribution in [0.1, 0.15) is 18.7 Å². The Kier molecular flexibility index (Phi) is 15.6. The number of fused-ring (bicyclic) bond motifs is 2. The van der Waals surface area contributed by atoms with Crippen LogP contribution < -0.4 is 32.4 Å². The molecule has 0 spiro atoms. The standard InChI is InChI=1S/C32H44N12O25P4/c1-34-24-16-25(36-9-35-24)43(10-37-16)30-23(60-3)22(67-70(52,53)61-6-12-18(46)20(48)28(64-12)42-5-4-15(45)38-32(42)51)14(66-30)8-63-72(56,57)69-73(58,59)68-71(54,55)62-7-13-19(47)21(49)29(65-13)44-11-41(2)17-26(44)39-31(33)40-27(17)50/h4-5,9-14,18-23,28-30,46-49H,6-8H2,1-3H3,(H8-,33,34,35,36,38,39,40,45,50,51,52,53,54,55,56,57,58,59)/p+1/t12-,13-,14-,18+,19?,20?,21+,22+,23?,28-,29-,30-/m1/s1. The van der Waals surface area contributed by atoms with Gasteiger partial charge >= 0.3 is 42.6 Å². The average Bonchev–Trinajstić information content (AvgIpc) is 4.10. The number of aromatic amines is 2. The summed E-state index contributed by atoms with van der Waals surface area (Å²) in [6.45, 7) is -3.42. The molecule has 0 bridgehead atoms. The van der Waals surface area contributed by atoms with Crippen LogP contribution in [0.3, 0.4) is 0 Å². The first-order chi connectivity index (χ1) is 34.2. The van der Waals surface area contributed by atoms with Crippen molar-refractivity contribution >= 4 is 65.4 Å². The molecule has 5 aromatic rings. The van der Waals surface area contributed by atoms with Crippen molar-refractivity contribution in [2.24, 2.45) is 7.05 Å². The number of ether oxygens (including phenoxy) is 4. The summed E-state index contributed by atoms with van der Waals surface area (Å²) in [6.07, 6.45) is -15.9. The van der Waals surface area contributed by atoms with Crippen LogP contribution in [0.4, 0.5) is 11.8 Å². The summed E-state index contributed by atoms with van der Waals surface area (Å²) in [7, 11) is -19.4. The lowest BCUT2D eigenvalue weighted by Gasteiger charge is -2.26. The largest absolute Gasteiger partial charge is 0.490 e. The van der Waals surface area contributed by atoms with E-state index in [4.69, 9.17) is 38.3 Å². The third kappa shape index (κ3) is 11.5. The molecule has 3 aliphatic heterocycles. The SMILES string of the molecule is CNc1ncnc2c1ncn2[C@@H]1O[C@H](COP(=O)(O)OP(=O)(O)OP(=O)(O)OC[C@H]2O[C@@H]([n+]3cn(C)c4c(=O)[nH]c(N)nc43)[C@@H](O)C2O)[C@H](OP(=O)(O)OC[C@H]2O[C@@H](n3ccc(=O)[nH]c3=O)C(O)[C@H]2O)C1OC. The molecule has 402 valence electrons. The van der Waals surface area contributed by atoms with E-state index < -0.39 is 142 Å². The average molecular weight is 1120 g/mol. The monoisotopic (exact) mass is 1120 g/mol. The highest BCUT2D eigenvalue weighted by atomic mass is 31.3. The van der Waals surface area contributed by atoms with Crippen LogP contribution >= 0.6 is 31.3 Å². The number of nitrogens with one attached hydrogen (secondary N) is 3. The van der Waals surface area contributed by atoms with Gasteiger partial charge < -0.3 is 70.0 Å². The molecule has 0 aromatic carbocycles. The molecule has 0 aliphatic carbocycles. The summed E-state index contributed by atoms with van der Waals surface area (Å²) in [6, 6.07) is 0.924. The number of phosphoric ester groups is 3. The molecule has 41 heteroatoms. The number of nitrogens with two attached hydrogens (primary N) is 1. The van der Waals surface area contributed by atoms with Gasteiger partial charge in [0.2, 0.25) is 11.7 Å². The van der Waals surface area contributed by atoms with Gasteiger partial charge in [-0.25, -0.2) is 42.6 Å². The number of imidazole rings is 2. The van der Waals surface area contributed by atoms with Crippen molar-refractivity contribution in [1.82, 2.24) is 43.6 Å². The number of aryl methyl sites for hydroxylation is 1. The number of phosphoric acid groups is 4. The molecule has 8 heterocycles. The molecule has 8 rings (SSSR count). The fraction of sp³-hybridized carbons (Fsp3) is 0.562. The number of methoxy groups -OCH3 is 1. The molecule has 3 aliphatic rings. The summed E-state index contributed by atoms with van der Waals surface area (Å²) in [5.74, 6) is -0.0662. The number of aromatic nitrogens is 10. The van der Waals surface area contributed by atoms with Gasteiger partial charge in [-0.2, -0.15) is 8.62 Å². The topological polar surface area (TPSA) is 513 Å². The lowest BCUT2D eigenvalue weighted by molar-refractivity contribution is -0.745. The van der Waals surface area contributed by atoms with Crippen LogP contribution in [0.15, 0.2) is 45.6 Å². The number of hydrogen-bond donors (Lipinski definition) is 12. The van der Waals surface area contributed by atoms with Gasteiger partial charge in [-0.05, 0) is 0 Å². The quantitative estimate of drug-likeness (QED) is 0.0258. The number of aliphatic hydroxyl groups excluding tert-OH is 4. The summed E-state index contributed by atoms with van der Waals surface area (Å²) in [4.78, 5) is 99.2. The number of nitrogen functional groups attached to an aromatic ring is 1. The zero-order chi connectivity index (χ0) is 53.1. The van der Waals surface area contributed by atoms with Gasteiger partial charge in [-0.1, -0.05) is 4.98 Å². The summed E-state index contributed by atoms with van der Waals surface area (Å²) in [5.41, 5.74) is 3.31. The highest BCUT2D eigenvalue weighted by Gasteiger charge is 2.54. The van der Waals surface area contributed by atoms with Gasteiger partial charge in [0.25, 0.3) is 17.1 Å². The molecule has 0 saturated carbocycles. The molecule has 73 heavy (non-hydrogen) atoms. The number of nitrogens with zero attached hydrogens (tertiary/aromatic N) is 8. The third-order valence-corrected chi connectivity index (χ3v) is 16.4. The van der Waals surface area contributed by atoms with Crippen molar-refractivity contribution < 1.29 is 108 Å². The Morgan fingerprint density at radius 1 is 0.781 bits per heavy atom. The molecule has 7 unspecified atom stereocenters. The van der Waals surface area contributed by atoms with E-state index in [9.17, 15) is 72.6 Å². The summed E-state index contributed by atoms with van der Waals surface area (Å²) in [5, 5.41) is 45.5. The first-order valence-electron chi connectivity index (χ1n) is 20.7. The number of anilines is 2. The van der Waals surface area contributed by atoms with Crippen molar-refractivity contribution in [1.29, 1.82) is 0 Å². The Bertz CT molecular complexity index is 3240. The second-order valence-corrected chi connectivity index (χ2v) is 22.0. The predicted molar refractivity (Wildman–Crippen MR) is 233 cm³/mol. The molecule has 0 radical (unpaired) electrons. The van der Waals surface area contributed by atoms with E-state index in [-0.39, 0.29) is 34.1 Å². The van der Waals surface area contributed by atoms with Crippen molar-refractivity contribution in [3.05, 3.63) is 62.4 Å². The number of H-pyrrole nitrogens is 2. The molecular weight excluding hydrogens is 1080 g/mol. The Morgan fingerprint density at radius 2 is 1.40 bits per heavy atom.